The molecule has 0 saturated carbocycles. The summed E-state index contributed by atoms with van der Waals surface area (Å²) < 4.78 is 33.2. The first-order chi connectivity index (χ1) is 12.3. The molecule has 0 aliphatic heterocycles. The molecule has 7 nitrogen and oxygen atoms in total. The number of nitrogens with two attached hydrogens (primary N) is 1. The Kier molecular flexibility index (Phi) is 6.59. The van der Waals surface area contributed by atoms with Gasteiger partial charge in [0.2, 0.25) is 10.0 Å². The van der Waals surface area contributed by atoms with Gasteiger partial charge in [0.15, 0.2) is 11.5 Å². The van der Waals surface area contributed by atoms with Crippen molar-refractivity contribution < 1.29 is 22.7 Å². The van der Waals surface area contributed by atoms with Crippen molar-refractivity contribution in [2.24, 2.45) is 5.14 Å². The maximum Gasteiger partial charge on any atom is 0.255 e. The molecule has 0 aliphatic rings. The zero-order chi connectivity index (χ0) is 19.2. The predicted molar refractivity (Wildman–Crippen MR) is 100.0 cm³/mol. The molecule has 0 atom stereocenters. The van der Waals surface area contributed by atoms with Crippen molar-refractivity contribution >= 4 is 21.6 Å². The zero-order valence-corrected chi connectivity index (χ0v) is 15.5. The van der Waals surface area contributed by atoms with Crippen LogP contribution in [0.2, 0.25) is 0 Å². The molecule has 0 saturated heterocycles. The van der Waals surface area contributed by atoms with Gasteiger partial charge >= 0.3 is 0 Å². The van der Waals surface area contributed by atoms with E-state index in [4.69, 9.17) is 14.6 Å². The third kappa shape index (κ3) is 5.75. The maximum absolute atomic E-state index is 12.4. The fourth-order valence-corrected chi connectivity index (χ4v) is 2.97. The van der Waals surface area contributed by atoms with Crippen LogP contribution in [0.4, 0.5) is 5.69 Å². The highest BCUT2D eigenvalue weighted by atomic mass is 32.2. The number of sulfonamides is 1. The second-order valence-electron chi connectivity index (χ2n) is 5.49. The maximum atomic E-state index is 12.4. The van der Waals surface area contributed by atoms with Gasteiger partial charge in [0.1, 0.15) is 0 Å². The number of hydrogen-bond acceptors (Lipinski definition) is 5. The quantitative estimate of drug-likeness (QED) is 0.734. The summed E-state index contributed by atoms with van der Waals surface area (Å²) in [5, 5.41) is 7.77. The van der Waals surface area contributed by atoms with E-state index < -0.39 is 10.0 Å². The number of benzene rings is 2. The van der Waals surface area contributed by atoms with Crippen molar-refractivity contribution in [3.63, 3.8) is 0 Å². The van der Waals surface area contributed by atoms with E-state index in [1.54, 1.807) is 42.5 Å². The van der Waals surface area contributed by atoms with Crippen molar-refractivity contribution in [3.05, 3.63) is 53.6 Å². The molecule has 0 fully saturated rings. The molecule has 0 bridgehead atoms. The lowest BCUT2D eigenvalue weighted by atomic mass is 10.1. The second kappa shape index (κ2) is 8.68. The Morgan fingerprint density at radius 3 is 2.19 bits per heavy atom. The Balaban J connectivity index is 2.12. The summed E-state index contributed by atoms with van der Waals surface area (Å²) in [5.41, 5.74) is 1.51. The Morgan fingerprint density at radius 1 is 1.00 bits per heavy atom. The van der Waals surface area contributed by atoms with Gasteiger partial charge in [-0.1, -0.05) is 12.1 Å². The highest BCUT2D eigenvalue weighted by molar-refractivity contribution is 7.88. The molecule has 0 heterocycles. The van der Waals surface area contributed by atoms with Crippen molar-refractivity contribution in [2.75, 3.05) is 18.5 Å². The zero-order valence-electron chi connectivity index (χ0n) is 14.7. The Bertz CT molecular complexity index is 864. The molecular weight excluding hydrogens is 356 g/mol. The highest BCUT2D eigenvalue weighted by Crippen LogP contribution is 2.29. The lowest BCUT2D eigenvalue weighted by molar-refractivity contribution is 0.102. The van der Waals surface area contributed by atoms with Gasteiger partial charge in [0, 0.05) is 11.3 Å². The summed E-state index contributed by atoms with van der Waals surface area (Å²) >= 11 is 0. The second-order valence-corrected chi connectivity index (χ2v) is 7.10. The third-order valence-electron chi connectivity index (χ3n) is 3.39. The standard InChI is InChI=1S/C18H22N2O5S/c1-3-24-16-10-7-14(11-17(16)25-4-2)18(21)20-15-8-5-13(6-9-15)12-26(19,22)23/h5-11H,3-4,12H2,1-2H3,(H,20,21)(H2,19,22,23). The number of amides is 1. The normalized spacial score (nSPS) is 11.0. The summed E-state index contributed by atoms with van der Waals surface area (Å²) in [6.45, 7) is 4.68. The van der Waals surface area contributed by atoms with E-state index >= 15 is 0 Å². The summed E-state index contributed by atoms with van der Waals surface area (Å²) in [6.07, 6.45) is 0. The number of ether oxygens (including phenoxy) is 2. The van der Waals surface area contributed by atoms with Crippen LogP contribution in [0.3, 0.4) is 0 Å². The van der Waals surface area contributed by atoms with Crippen molar-refractivity contribution in [3.8, 4) is 11.5 Å². The SMILES string of the molecule is CCOc1ccc(C(=O)Nc2ccc(CS(N)(=O)=O)cc2)cc1OCC. The average molecular weight is 378 g/mol. The van der Waals surface area contributed by atoms with Gasteiger partial charge in [0.25, 0.3) is 5.91 Å². The molecule has 1 amide bonds. The first-order valence-corrected chi connectivity index (χ1v) is 9.84. The van der Waals surface area contributed by atoms with Crippen LogP contribution in [0.5, 0.6) is 11.5 Å². The molecule has 8 heteroatoms. The molecule has 2 aromatic rings. The van der Waals surface area contributed by atoms with Crippen LogP contribution in [0, 0.1) is 0 Å². The number of anilines is 1. The fraction of sp³-hybridized carbons (Fsp3) is 0.278. The van der Waals surface area contributed by atoms with Gasteiger partial charge in [-0.25, -0.2) is 13.6 Å². The van der Waals surface area contributed by atoms with Gasteiger partial charge in [-0.3, -0.25) is 4.79 Å². The minimum Gasteiger partial charge on any atom is -0.490 e. The van der Waals surface area contributed by atoms with Crippen LogP contribution in [-0.2, 0) is 15.8 Å². The van der Waals surface area contributed by atoms with Gasteiger partial charge in [-0.2, -0.15) is 0 Å². The number of rotatable bonds is 8. The molecule has 0 unspecified atom stereocenters. The van der Waals surface area contributed by atoms with Gasteiger partial charge < -0.3 is 14.8 Å². The van der Waals surface area contributed by atoms with E-state index in [2.05, 4.69) is 5.32 Å². The fourth-order valence-electron chi connectivity index (χ4n) is 2.31. The monoisotopic (exact) mass is 378 g/mol. The molecule has 26 heavy (non-hydrogen) atoms. The topological polar surface area (TPSA) is 108 Å². The smallest absolute Gasteiger partial charge is 0.255 e. The van der Waals surface area contributed by atoms with E-state index in [-0.39, 0.29) is 11.7 Å². The number of primary sulfonamides is 1. The molecule has 0 aromatic heterocycles. The van der Waals surface area contributed by atoms with Crippen LogP contribution in [-0.4, -0.2) is 27.5 Å². The first-order valence-electron chi connectivity index (χ1n) is 8.12. The van der Waals surface area contributed by atoms with Crippen molar-refractivity contribution in [1.29, 1.82) is 0 Å². The van der Waals surface area contributed by atoms with E-state index in [0.29, 0.717) is 41.5 Å². The molecule has 2 rings (SSSR count). The number of carbonyl (C=O) groups excluding carboxylic acids is 1. The van der Waals surface area contributed by atoms with Crippen LogP contribution in [0.15, 0.2) is 42.5 Å². The van der Waals surface area contributed by atoms with Crippen molar-refractivity contribution in [2.45, 2.75) is 19.6 Å². The first kappa shape index (κ1) is 19.7. The van der Waals surface area contributed by atoms with E-state index in [1.807, 2.05) is 13.8 Å². The largest absolute Gasteiger partial charge is 0.490 e. The molecule has 0 radical (unpaired) electrons. The van der Waals surface area contributed by atoms with Crippen LogP contribution in [0.25, 0.3) is 0 Å². The molecule has 0 aliphatic carbocycles. The van der Waals surface area contributed by atoms with Crippen LogP contribution in [0.1, 0.15) is 29.8 Å². The Labute approximate surface area is 153 Å². The van der Waals surface area contributed by atoms with E-state index in [1.165, 1.54) is 0 Å². The highest BCUT2D eigenvalue weighted by Gasteiger charge is 2.12. The Hall–Kier alpha value is -2.58. The van der Waals surface area contributed by atoms with Gasteiger partial charge in [-0.15, -0.1) is 0 Å². The lowest BCUT2D eigenvalue weighted by Crippen LogP contribution is -2.15. The number of carbonyl (C=O) groups is 1. The van der Waals surface area contributed by atoms with Gasteiger partial charge in [-0.05, 0) is 49.7 Å². The number of hydrogen-bond donors (Lipinski definition) is 2. The molecule has 140 valence electrons. The van der Waals surface area contributed by atoms with Crippen LogP contribution < -0.4 is 19.9 Å². The summed E-state index contributed by atoms with van der Waals surface area (Å²) in [4.78, 5) is 12.4. The Morgan fingerprint density at radius 2 is 1.62 bits per heavy atom. The van der Waals surface area contributed by atoms with E-state index in [0.717, 1.165) is 0 Å². The predicted octanol–water partition coefficient (Wildman–Crippen LogP) is 2.52. The minimum absolute atomic E-state index is 0.252. The summed E-state index contributed by atoms with van der Waals surface area (Å²) in [6, 6.07) is 11.4. The molecule has 0 spiro atoms. The van der Waals surface area contributed by atoms with Crippen molar-refractivity contribution in [1.82, 2.24) is 0 Å². The van der Waals surface area contributed by atoms with Gasteiger partial charge in [0.05, 0.1) is 19.0 Å². The van der Waals surface area contributed by atoms with Crippen LogP contribution >= 0.6 is 0 Å². The average Bonchev–Trinajstić information content (AvgIpc) is 2.57. The summed E-state index contributed by atoms with van der Waals surface area (Å²) in [5.74, 6) is 0.523. The molecule has 2 aromatic carbocycles. The summed E-state index contributed by atoms with van der Waals surface area (Å²) in [7, 11) is -3.59. The molecule has 3 N–H and O–H groups in total. The van der Waals surface area contributed by atoms with E-state index in [9.17, 15) is 13.2 Å². The molecular formula is C18H22N2O5S. The number of nitrogens with one attached hydrogen (secondary N) is 1. The third-order valence-corrected chi connectivity index (χ3v) is 4.12. The lowest BCUT2D eigenvalue weighted by Gasteiger charge is -2.12. The minimum atomic E-state index is -3.59.